The van der Waals surface area contributed by atoms with Gasteiger partial charge in [-0.15, -0.1) is 0 Å². The van der Waals surface area contributed by atoms with Gasteiger partial charge < -0.3 is 41.0 Å². The molecule has 6 amide bonds. The van der Waals surface area contributed by atoms with Crippen LogP contribution in [-0.4, -0.2) is 110 Å². The SMILES string of the molecule is CC(C)C(NC(=O)CCCCOCCOCCOCCN1C(=O)C=CC1=O)C(=O)N[C@@H](CCCNC(N)=O)C(=O)O. The number of nitrogens with two attached hydrogens (primary N) is 1. The molecule has 0 aromatic carbocycles. The standard InChI is InChI=1S/C26H43N5O10/c1-18(2)23(24(35)29-19(25(36)37)6-5-10-28-26(27)38)30-20(32)7-3-4-12-39-14-16-41-17-15-40-13-11-31-21(33)8-9-22(31)34/h8-9,18-19,23H,3-7,10-17H2,1-2H3,(H,29,35)(H,30,32)(H,36,37)(H3,27,28,38)/t19-,23?/m0/s1. The van der Waals surface area contributed by atoms with Gasteiger partial charge >= 0.3 is 12.0 Å². The van der Waals surface area contributed by atoms with Gasteiger partial charge in [0.2, 0.25) is 11.8 Å². The van der Waals surface area contributed by atoms with Crippen LogP contribution in [0.25, 0.3) is 0 Å². The molecule has 1 heterocycles. The number of carbonyl (C=O) groups is 6. The van der Waals surface area contributed by atoms with Crippen molar-refractivity contribution >= 4 is 35.6 Å². The number of amides is 6. The molecule has 41 heavy (non-hydrogen) atoms. The number of rotatable bonds is 23. The first-order chi connectivity index (χ1) is 19.5. The van der Waals surface area contributed by atoms with E-state index in [0.717, 1.165) is 4.90 Å². The van der Waals surface area contributed by atoms with Gasteiger partial charge in [0.25, 0.3) is 11.8 Å². The molecule has 2 atom stereocenters. The monoisotopic (exact) mass is 585 g/mol. The number of primary amides is 1. The van der Waals surface area contributed by atoms with Crippen LogP contribution >= 0.6 is 0 Å². The fourth-order valence-corrected chi connectivity index (χ4v) is 3.66. The molecule has 0 aliphatic carbocycles. The summed E-state index contributed by atoms with van der Waals surface area (Å²) >= 11 is 0. The molecule has 6 N–H and O–H groups in total. The van der Waals surface area contributed by atoms with E-state index in [-0.39, 0.29) is 56.2 Å². The van der Waals surface area contributed by atoms with Crippen molar-refractivity contribution in [1.29, 1.82) is 0 Å². The first-order valence-electron chi connectivity index (χ1n) is 13.7. The lowest BCUT2D eigenvalue weighted by Gasteiger charge is -2.24. The number of nitrogens with one attached hydrogen (secondary N) is 3. The molecule has 0 fully saturated rings. The van der Waals surface area contributed by atoms with Gasteiger partial charge in [-0.25, -0.2) is 9.59 Å². The Morgan fingerprint density at radius 2 is 1.46 bits per heavy atom. The molecule has 1 unspecified atom stereocenters. The number of unbranched alkanes of at least 4 members (excludes halogenated alkanes) is 1. The van der Waals surface area contributed by atoms with E-state index in [2.05, 4.69) is 16.0 Å². The maximum absolute atomic E-state index is 12.7. The van der Waals surface area contributed by atoms with Gasteiger partial charge in [-0.05, 0) is 31.6 Å². The molecule has 0 radical (unpaired) electrons. The van der Waals surface area contributed by atoms with Gasteiger partial charge in [0.1, 0.15) is 12.1 Å². The van der Waals surface area contributed by atoms with Crippen LogP contribution in [0.3, 0.4) is 0 Å². The van der Waals surface area contributed by atoms with Crippen LogP contribution in [0.1, 0.15) is 46.0 Å². The first-order valence-corrected chi connectivity index (χ1v) is 13.7. The number of aliphatic carboxylic acids is 1. The number of nitrogens with zero attached hydrogens (tertiary/aromatic N) is 1. The molecule has 0 saturated heterocycles. The van der Waals surface area contributed by atoms with Crippen molar-refractivity contribution in [2.45, 2.75) is 58.0 Å². The molecule has 15 nitrogen and oxygen atoms in total. The third kappa shape index (κ3) is 15.7. The zero-order chi connectivity index (χ0) is 30.6. The second-order valence-corrected chi connectivity index (χ2v) is 9.58. The number of hydrogen-bond acceptors (Lipinski definition) is 9. The molecule has 1 aliphatic heterocycles. The lowest BCUT2D eigenvalue weighted by Crippen LogP contribution is -2.53. The third-order valence-corrected chi connectivity index (χ3v) is 5.90. The fourth-order valence-electron chi connectivity index (χ4n) is 3.66. The van der Waals surface area contributed by atoms with Crippen molar-refractivity contribution in [1.82, 2.24) is 20.9 Å². The summed E-state index contributed by atoms with van der Waals surface area (Å²) in [5, 5.41) is 16.9. The molecule has 15 heteroatoms. The molecular weight excluding hydrogens is 542 g/mol. The number of ether oxygens (including phenoxy) is 3. The van der Waals surface area contributed by atoms with E-state index in [1.54, 1.807) is 13.8 Å². The van der Waals surface area contributed by atoms with E-state index in [9.17, 15) is 33.9 Å². The Morgan fingerprint density at radius 1 is 0.878 bits per heavy atom. The Bertz CT molecular complexity index is 893. The van der Waals surface area contributed by atoms with Gasteiger partial charge in [-0.1, -0.05) is 13.8 Å². The highest BCUT2D eigenvalue weighted by Crippen LogP contribution is 2.07. The van der Waals surface area contributed by atoms with Crippen molar-refractivity contribution in [3.8, 4) is 0 Å². The Morgan fingerprint density at radius 3 is 2.02 bits per heavy atom. The summed E-state index contributed by atoms with van der Waals surface area (Å²) in [6.07, 6.45) is 4.18. The van der Waals surface area contributed by atoms with Crippen molar-refractivity contribution in [2.75, 3.05) is 52.7 Å². The largest absolute Gasteiger partial charge is 0.480 e. The van der Waals surface area contributed by atoms with Crippen molar-refractivity contribution in [2.24, 2.45) is 11.7 Å². The van der Waals surface area contributed by atoms with Crippen molar-refractivity contribution < 1.29 is 48.1 Å². The molecule has 1 aliphatic rings. The lowest BCUT2D eigenvalue weighted by molar-refractivity contribution is -0.142. The highest BCUT2D eigenvalue weighted by molar-refractivity contribution is 6.12. The number of urea groups is 1. The number of carboxylic acid groups (broad SMARTS) is 1. The summed E-state index contributed by atoms with van der Waals surface area (Å²) in [7, 11) is 0. The summed E-state index contributed by atoms with van der Waals surface area (Å²) in [4.78, 5) is 71.2. The molecule has 0 bridgehead atoms. The zero-order valence-corrected chi connectivity index (χ0v) is 23.7. The topological polar surface area (TPSA) is 216 Å². The summed E-state index contributed by atoms with van der Waals surface area (Å²) in [5.41, 5.74) is 4.97. The zero-order valence-electron chi connectivity index (χ0n) is 23.7. The Hall–Kier alpha value is -3.56. The van der Waals surface area contributed by atoms with E-state index in [1.807, 2.05) is 0 Å². The van der Waals surface area contributed by atoms with Crippen LogP contribution in [0.4, 0.5) is 4.79 Å². The molecular formula is C26H43N5O10. The van der Waals surface area contributed by atoms with E-state index in [1.165, 1.54) is 12.2 Å². The fraction of sp³-hybridized carbons (Fsp3) is 0.692. The van der Waals surface area contributed by atoms with Gasteiger partial charge in [0, 0.05) is 31.7 Å². The quantitative estimate of drug-likeness (QED) is 0.0750. The maximum Gasteiger partial charge on any atom is 0.326 e. The highest BCUT2D eigenvalue weighted by Gasteiger charge is 2.28. The minimum Gasteiger partial charge on any atom is -0.480 e. The summed E-state index contributed by atoms with van der Waals surface area (Å²) < 4.78 is 16.2. The van der Waals surface area contributed by atoms with Crippen molar-refractivity contribution in [3.05, 3.63) is 12.2 Å². The van der Waals surface area contributed by atoms with Crippen LogP contribution < -0.4 is 21.7 Å². The summed E-state index contributed by atoms with van der Waals surface area (Å²) in [6.45, 7) is 5.92. The van der Waals surface area contributed by atoms with Crippen molar-refractivity contribution in [3.63, 3.8) is 0 Å². The number of carboxylic acids is 1. The summed E-state index contributed by atoms with van der Waals surface area (Å²) in [6, 6.07) is -2.78. The third-order valence-electron chi connectivity index (χ3n) is 5.90. The minimum absolute atomic E-state index is 0.0855. The van der Waals surface area contributed by atoms with Gasteiger partial charge in [-0.2, -0.15) is 0 Å². The average Bonchev–Trinajstić information content (AvgIpc) is 3.23. The second kappa shape index (κ2) is 20.3. The lowest BCUT2D eigenvalue weighted by atomic mass is 10.0. The van der Waals surface area contributed by atoms with Gasteiger partial charge in [-0.3, -0.25) is 24.1 Å². The molecule has 0 spiro atoms. The highest BCUT2D eigenvalue weighted by atomic mass is 16.5. The minimum atomic E-state index is -1.21. The van der Waals surface area contributed by atoms with E-state index in [4.69, 9.17) is 19.9 Å². The van der Waals surface area contributed by atoms with Crippen LogP contribution in [-0.2, 0) is 38.2 Å². The normalized spacial score (nSPS) is 14.3. The number of hydrogen-bond donors (Lipinski definition) is 5. The average molecular weight is 586 g/mol. The number of carbonyl (C=O) groups excluding carboxylic acids is 5. The smallest absolute Gasteiger partial charge is 0.326 e. The van der Waals surface area contributed by atoms with E-state index in [0.29, 0.717) is 52.3 Å². The van der Waals surface area contributed by atoms with Gasteiger partial charge in [0.05, 0.1) is 39.6 Å². The van der Waals surface area contributed by atoms with Crippen LogP contribution in [0.5, 0.6) is 0 Å². The van der Waals surface area contributed by atoms with Gasteiger partial charge in [0.15, 0.2) is 0 Å². The molecule has 0 aromatic rings. The molecule has 0 saturated carbocycles. The second-order valence-electron chi connectivity index (χ2n) is 9.58. The van der Waals surface area contributed by atoms with Crippen LogP contribution in [0, 0.1) is 5.92 Å². The van der Waals surface area contributed by atoms with Crippen LogP contribution in [0.2, 0.25) is 0 Å². The first kappa shape index (κ1) is 35.5. The molecule has 232 valence electrons. The summed E-state index contributed by atoms with van der Waals surface area (Å²) in [5.74, 6) is -3.08. The predicted molar refractivity (Wildman–Crippen MR) is 145 cm³/mol. The van der Waals surface area contributed by atoms with E-state index < -0.39 is 30.0 Å². The Kier molecular flexibility index (Phi) is 17.6. The maximum atomic E-state index is 12.7. The molecule has 0 aromatic heterocycles. The number of imide groups is 1. The van der Waals surface area contributed by atoms with Crippen LogP contribution in [0.15, 0.2) is 12.2 Å². The molecule has 1 rings (SSSR count). The predicted octanol–water partition coefficient (Wildman–Crippen LogP) is -0.710. The van der Waals surface area contributed by atoms with E-state index >= 15 is 0 Å². The Balaban J connectivity index is 2.12. The Labute approximate surface area is 239 Å².